The largest absolute Gasteiger partial charge is 0.345 e. The van der Waals surface area contributed by atoms with E-state index in [1.165, 1.54) is 11.1 Å². The van der Waals surface area contributed by atoms with Crippen molar-refractivity contribution < 1.29 is 0 Å². The molecule has 0 aliphatic heterocycles. The van der Waals surface area contributed by atoms with Gasteiger partial charge >= 0.3 is 0 Å². The summed E-state index contributed by atoms with van der Waals surface area (Å²) in [5, 5.41) is 8.34. The van der Waals surface area contributed by atoms with Crippen LogP contribution in [0.15, 0.2) is 55.1 Å². The minimum atomic E-state index is 0.754. The first kappa shape index (κ1) is 12.8. The standard InChI is InChI=1S/C17H15N5/c1-12-2-4-13(5-3-12)9-22-11-20-21-17(22)14-6-7-15-16(8-14)19-10-18-15/h2-8,10-11H,9H2,1H3,(H,18,19). The second kappa shape index (κ2) is 5.11. The number of benzene rings is 2. The molecule has 2 aromatic carbocycles. The molecule has 5 nitrogen and oxygen atoms in total. The van der Waals surface area contributed by atoms with Crippen LogP contribution in [-0.2, 0) is 6.54 Å². The SMILES string of the molecule is Cc1ccc(Cn2cnnc2-c2ccc3nc[nH]c3c2)cc1. The Kier molecular flexibility index (Phi) is 2.96. The van der Waals surface area contributed by atoms with E-state index >= 15 is 0 Å². The molecule has 0 bridgehead atoms. The molecule has 0 fully saturated rings. The van der Waals surface area contributed by atoms with Crippen molar-refractivity contribution in [1.29, 1.82) is 0 Å². The number of aromatic amines is 1. The maximum Gasteiger partial charge on any atom is 0.164 e. The fourth-order valence-electron chi connectivity index (χ4n) is 2.56. The molecule has 0 aliphatic rings. The number of aromatic nitrogens is 5. The fourth-order valence-corrected chi connectivity index (χ4v) is 2.56. The highest BCUT2D eigenvalue weighted by Gasteiger charge is 2.09. The zero-order valence-corrected chi connectivity index (χ0v) is 12.2. The molecule has 2 aromatic heterocycles. The van der Waals surface area contributed by atoms with Crippen LogP contribution < -0.4 is 0 Å². The van der Waals surface area contributed by atoms with Crippen LogP contribution in [0.4, 0.5) is 0 Å². The number of nitrogens with one attached hydrogen (secondary N) is 1. The van der Waals surface area contributed by atoms with Crippen LogP contribution >= 0.6 is 0 Å². The van der Waals surface area contributed by atoms with Crippen molar-refractivity contribution in [2.45, 2.75) is 13.5 Å². The maximum atomic E-state index is 4.27. The van der Waals surface area contributed by atoms with E-state index in [1.807, 2.05) is 12.1 Å². The van der Waals surface area contributed by atoms with Crippen molar-refractivity contribution in [3.05, 3.63) is 66.2 Å². The van der Waals surface area contributed by atoms with Gasteiger partial charge < -0.3 is 9.55 Å². The Bertz CT molecular complexity index is 918. The lowest BCUT2D eigenvalue weighted by atomic mass is 10.1. The van der Waals surface area contributed by atoms with Crippen molar-refractivity contribution in [2.75, 3.05) is 0 Å². The molecule has 0 radical (unpaired) electrons. The van der Waals surface area contributed by atoms with Crippen molar-refractivity contribution in [1.82, 2.24) is 24.7 Å². The summed E-state index contributed by atoms with van der Waals surface area (Å²) in [6.45, 7) is 2.84. The molecule has 0 saturated carbocycles. The second-order valence-corrected chi connectivity index (χ2v) is 5.40. The van der Waals surface area contributed by atoms with Gasteiger partial charge in [-0.05, 0) is 30.7 Å². The molecule has 22 heavy (non-hydrogen) atoms. The highest BCUT2D eigenvalue weighted by atomic mass is 15.3. The number of rotatable bonds is 3. The van der Waals surface area contributed by atoms with Gasteiger partial charge in [-0.3, -0.25) is 0 Å². The monoisotopic (exact) mass is 289 g/mol. The smallest absolute Gasteiger partial charge is 0.164 e. The molecular formula is C17H15N5. The number of imidazole rings is 1. The minimum Gasteiger partial charge on any atom is -0.345 e. The summed E-state index contributed by atoms with van der Waals surface area (Å²) in [6, 6.07) is 14.6. The average molecular weight is 289 g/mol. The number of hydrogen-bond donors (Lipinski definition) is 1. The lowest BCUT2D eigenvalue weighted by molar-refractivity contribution is 0.803. The number of aryl methyl sites for hydroxylation is 1. The number of fused-ring (bicyclic) bond motifs is 1. The van der Waals surface area contributed by atoms with E-state index in [2.05, 4.69) is 62.0 Å². The third kappa shape index (κ3) is 2.26. The van der Waals surface area contributed by atoms with Gasteiger partial charge in [-0.15, -0.1) is 10.2 Å². The lowest BCUT2D eigenvalue weighted by Crippen LogP contribution is -2.01. The predicted molar refractivity (Wildman–Crippen MR) is 85.4 cm³/mol. The van der Waals surface area contributed by atoms with Gasteiger partial charge in [0.2, 0.25) is 0 Å². The summed E-state index contributed by atoms with van der Waals surface area (Å²) in [5.74, 6) is 0.858. The molecule has 0 spiro atoms. The minimum absolute atomic E-state index is 0.754. The summed E-state index contributed by atoms with van der Waals surface area (Å²) in [4.78, 5) is 7.37. The first-order valence-electron chi connectivity index (χ1n) is 7.16. The van der Waals surface area contributed by atoms with E-state index in [0.717, 1.165) is 29.0 Å². The lowest BCUT2D eigenvalue weighted by Gasteiger charge is -2.07. The second-order valence-electron chi connectivity index (χ2n) is 5.40. The highest BCUT2D eigenvalue weighted by molar-refractivity contribution is 5.79. The van der Waals surface area contributed by atoms with Crippen LogP contribution in [-0.4, -0.2) is 24.7 Å². The zero-order valence-electron chi connectivity index (χ0n) is 12.2. The van der Waals surface area contributed by atoms with Gasteiger partial charge in [0.15, 0.2) is 5.82 Å². The van der Waals surface area contributed by atoms with Crippen molar-refractivity contribution >= 4 is 11.0 Å². The van der Waals surface area contributed by atoms with Crippen LogP contribution in [0.2, 0.25) is 0 Å². The topological polar surface area (TPSA) is 59.4 Å². The quantitative estimate of drug-likeness (QED) is 0.630. The third-order valence-electron chi connectivity index (χ3n) is 3.77. The molecule has 0 saturated heterocycles. The fraction of sp³-hybridized carbons (Fsp3) is 0.118. The zero-order chi connectivity index (χ0) is 14.9. The van der Waals surface area contributed by atoms with Gasteiger partial charge in [0.25, 0.3) is 0 Å². The van der Waals surface area contributed by atoms with E-state index in [1.54, 1.807) is 12.7 Å². The Balaban J connectivity index is 1.71. The van der Waals surface area contributed by atoms with Gasteiger partial charge in [0.1, 0.15) is 6.33 Å². The summed E-state index contributed by atoms with van der Waals surface area (Å²) in [5.41, 5.74) is 5.48. The number of H-pyrrole nitrogens is 1. The molecule has 108 valence electrons. The van der Waals surface area contributed by atoms with Gasteiger partial charge in [-0.2, -0.15) is 0 Å². The average Bonchev–Trinajstić information content (AvgIpc) is 3.17. The van der Waals surface area contributed by atoms with E-state index in [-0.39, 0.29) is 0 Å². The van der Waals surface area contributed by atoms with Crippen molar-refractivity contribution in [2.24, 2.45) is 0 Å². The third-order valence-corrected chi connectivity index (χ3v) is 3.77. The normalized spacial score (nSPS) is 11.1. The molecule has 5 heteroatoms. The van der Waals surface area contributed by atoms with Crippen LogP contribution in [0.25, 0.3) is 22.4 Å². The van der Waals surface area contributed by atoms with Gasteiger partial charge in [-0.25, -0.2) is 4.98 Å². The molecule has 0 aliphatic carbocycles. The van der Waals surface area contributed by atoms with Crippen LogP contribution in [0.1, 0.15) is 11.1 Å². The molecule has 1 N–H and O–H groups in total. The number of hydrogen-bond acceptors (Lipinski definition) is 3. The first-order valence-corrected chi connectivity index (χ1v) is 7.16. The molecule has 2 heterocycles. The van der Waals surface area contributed by atoms with Crippen LogP contribution in [0.5, 0.6) is 0 Å². The highest BCUT2D eigenvalue weighted by Crippen LogP contribution is 2.21. The van der Waals surface area contributed by atoms with Crippen molar-refractivity contribution in [3.8, 4) is 11.4 Å². The summed E-state index contributed by atoms with van der Waals surface area (Å²) < 4.78 is 2.06. The Labute approximate surface area is 127 Å². The van der Waals surface area contributed by atoms with Crippen LogP contribution in [0, 0.1) is 6.92 Å². The summed E-state index contributed by atoms with van der Waals surface area (Å²) in [7, 11) is 0. The first-order chi connectivity index (χ1) is 10.8. The Morgan fingerprint density at radius 2 is 1.95 bits per heavy atom. The molecule has 4 rings (SSSR count). The van der Waals surface area contributed by atoms with E-state index in [9.17, 15) is 0 Å². The molecule has 0 amide bonds. The number of nitrogens with zero attached hydrogens (tertiary/aromatic N) is 4. The predicted octanol–water partition coefficient (Wildman–Crippen LogP) is 3.18. The van der Waals surface area contributed by atoms with E-state index in [4.69, 9.17) is 0 Å². The van der Waals surface area contributed by atoms with Crippen LogP contribution in [0.3, 0.4) is 0 Å². The van der Waals surface area contributed by atoms with Crippen molar-refractivity contribution in [3.63, 3.8) is 0 Å². The molecule has 0 unspecified atom stereocenters. The Morgan fingerprint density at radius 3 is 2.82 bits per heavy atom. The maximum absolute atomic E-state index is 4.27. The Morgan fingerprint density at radius 1 is 1.09 bits per heavy atom. The van der Waals surface area contributed by atoms with Gasteiger partial charge in [0, 0.05) is 5.56 Å². The van der Waals surface area contributed by atoms with E-state index in [0.29, 0.717) is 0 Å². The van der Waals surface area contributed by atoms with Gasteiger partial charge in [-0.1, -0.05) is 29.8 Å². The molecule has 0 atom stereocenters. The summed E-state index contributed by atoms with van der Waals surface area (Å²) in [6.07, 6.45) is 3.47. The van der Waals surface area contributed by atoms with Gasteiger partial charge in [0.05, 0.1) is 23.9 Å². The molecular weight excluding hydrogens is 274 g/mol. The molecule has 4 aromatic rings. The van der Waals surface area contributed by atoms with E-state index < -0.39 is 0 Å². The summed E-state index contributed by atoms with van der Waals surface area (Å²) >= 11 is 0. The Hall–Kier alpha value is -2.95.